The Balaban J connectivity index is 2.03. The molecule has 0 saturated carbocycles. The van der Waals surface area contributed by atoms with Crippen LogP contribution in [0.15, 0.2) is 24.3 Å². The fourth-order valence-electron chi connectivity index (χ4n) is 2.66. The van der Waals surface area contributed by atoms with Gasteiger partial charge in [0, 0.05) is 19.6 Å². The van der Waals surface area contributed by atoms with E-state index in [1.807, 2.05) is 17.0 Å². The van der Waals surface area contributed by atoms with E-state index in [0.29, 0.717) is 5.91 Å². The molecule has 3 nitrogen and oxygen atoms in total. The fourth-order valence-corrected chi connectivity index (χ4v) is 2.66. The first-order valence-electron chi connectivity index (χ1n) is 7.26. The van der Waals surface area contributed by atoms with Crippen LogP contribution in [0.5, 0.6) is 0 Å². The van der Waals surface area contributed by atoms with E-state index in [-0.39, 0.29) is 5.92 Å². The van der Waals surface area contributed by atoms with Crippen LogP contribution in [0.3, 0.4) is 0 Å². The lowest BCUT2D eigenvalue weighted by atomic mass is 9.97. The summed E-state index contributed by atoms with van der Waals surface area (Å²) in [5.41, 5.74) is 2.51. The number of hydrogen-bond acceptors (Lipinski definition) is 2. The smallest absolute Gasteiger partial charge is 0.227 e. The van der Waals surface area contributed by atoms with Crippen LogP contribution in [-0.4, -0.2) is 30.4 Å². The highest BCUT2D eigenvalue weighted by Crippen LogP contribution is 2.17. The zero-order chi connectivity index (χ0) is 13.7. The van der Waals surface area contributed by atoms with Crippen LogP contribution in [0.2, 0.25) is 0 Å². The second-order valence-corrected chi connectivity index (χ2v) is 5.32. The van der Waals surface area contributed by atoms with Crippen molar-refractivity contribution in [2.75, 3.05) is 19.6 Å². The van der Waals surface area contributed by atoms with Gasteiger partial charge in [-0.1, -0.05) is 24.3 Å². The van der Waals surface area contributed by atoms with Crippen molar-refractivity contribution in [1.82, 2.24) is 10.2 Å². The maximum atomic E-state index is 12.5. The number of carbonyl (C=O) groups is 1. The van der Waals surface area contributed by atoms with Crippen molar-refractivity contribution < 1.29 is 4.79 Å². The zero-order valence-corrected chi connectivity index (χ0v) is 12.0. The van der Waals surface area contributed by atoms with E-state index in [0.717, 1.165) is 39.0 Å². The van der Waals surface area contributed by atoms with Crippen LogP contribution in [0, 0.1) is 12.8 Å². The van der Waals surface area contributed by atoms with E-state index in [4.69, 9.17) is 0 Å². The van der Waals surface area contributed by atoms with E-state index >= 15 is 0 Å². The van der Waals surface area contributed by atoms with Gasteiger partial charge in [-0.3, -0.25) is 4.79 Å². The van der Waals surface area contributed by atoms with E-state index in [1.165, 1.54) is 11.1 Å². The van der Waals surface area contributed by atoms with Crippen LogP contribution < -0.4 is 5.32 Å². The van der Waals surface area contributed by atoms with E-state index in [9.17, 15) is 4.79 Å². The number of piperidine rings is 1. The van der Waals surface area contributed by atoms with Crippen molar-refractivity contribution in [3.8, 4) is 0 Å². The van der Waals surface area contributed by atoms with E-state index < -0.39 is 0 Å². The predicted octanol–water partition coefficient (Wildman–Crippen LogP) is 2.34. The van der Waals surface area contributed by atoms with Crippen molar-refractivity contribution in [2.24, 2.45) is 5.92 Å². The minimum Gasteiger partial charge on any atom is -0.338 e. The number of rotatable bonds is 4. The topological polar surface area (TPSA) is 32.3 Å². The molecule has 1 amide bonds. The number of amides is 1. The Kier molecular flexibility index (Phi) is 4.97. The third kappa shape index (κ3) is 3.57. The molecule has 1 unspecified atom stereocenters. The molecule has 1 atom stereocenters. The molecule has 1 saturated heterocycles. The van der Waals surface area contributed by atoms with Crippen LogP contribution in [0.4, 0.5) is 0 Å². The van der Waals surface area contributed by atoms with Crippen LogP contribution in [-0.2, 0) is 11.3 Å². The summed E-state index contributed by atoms with van der Waals surface area (Å²) in [7, 11) is 0. The third-order valence-electron chi connectivity index (χ3n) is 3.96. The maximum Gasteiger partial charge on any atom is 0.227 e. The average Bonchev–Trinajstić information content (AvgIpc) is 2.47. The maximum absolute atomic E-state index is 12.5. The van der Waals surface area contributed by atoms with E-state index in [1.54, 1.807) is 0 Å². The SMILES string of the molecule is CCN(Cc1ccccc1C)C(=O)C1CCCNC1. The van der Waals surface area contributed by atoms with Crippen molar-refractivity contribution in [3.63, 3.8) is 0 Å². The summed E-state index contributed by atoms with van der Waals surface area (Å²) in [5.74, 6) is 0.468. The second-order valence-electron chi connectivity index (χ2n) is 5.32. The molecule has 2 rings (SSSR count). The molecular weight excluding hydrogens is 236 g/mol. The number of benzene rings is 1. The quantitative estimate of drug-likeness (QED) is 0.901. The summed E-state index contributed by atoms with van der Waals surface area (Å²) in [6.45, 7) is 7.57. The van der Waals surface area contributed by atoms with Gasteiger partial charge >= 0.3 is 0 Å². The lowest BCUT2D eigenvalue weighted by Crippen LogP contribution is -2.42. The highest BCUT2D eigenvalue weighted by molar-refractivity contribution is 5.79. The second kappa shape index (κ2) is 6.71. The number of nitrogens with zero attached hydrogens (tertiary/aromatic N) is 1. The Hall–Kier alpha value is -1.35. The van der Waals surface area contributed by atoms with Crippen LogP contribution >= 0.6 is 0 Å². The molecule has 1 heterocycles. The average molecular weight is 260 g/mol. The fraction of sp³-hybridized carbons (Fsp3) is 0.562. The standard InChI is InChI=1S/C16H24N2O/c1-3-18(12-15-8-5-4-7-13(15)2)16(19)14-9-6-10-17-11-14/h4-5,7-8,14,17H,3,6,9-12H2,1-2H3. The normalized spacial score (nSPS) is 19.2. The molecule has 0 bridgehead atoms. The summed E-state index contributed by atoms with van der Waals surface area (Å²) in [5, 5.41) is 3.32. The highest BCUT2D eigenvalue weighted by atomic mass is 16.2. The first kappa shape index (κ1) is 14.1. The van der Waals surface area contributed by atoms with Gasteiger partial charge in [-0.05, 0) is 44.4 Å². The molecule has 104 valence electrons. The molecule has 0 spiro atoms. The Bertz CT molecular complexity index is 425. The monoisotopic (exact) mass is 260 g/mol. The third-order valence-corrected chi connectivity index (χ3v) is 3.96. The molecule has 1 aliphatic heterocycles. The van der Waals surface area contributed by atoms with Gasteiger partial charge in [-0.25, -0.2) is 0 Å². The predicted molar refractivity (Wildman–Crippen MR) is 77.9 cm³/mol. The van der Waals surface area contributed by atoms with Gasteiger partial charge in [-0.15, -0.1) is 0 Å². The first-order valence-corrected chi connectivity index (χ1v) is 7.26. The Labute approximate surface area is 116 Å². The van der Waals surface area contributed by atoms with Gasteiger partial charge in [0.2, 0.25) is 5.91 Å². The molecule has 1 aromatic rings. The summed E-state index contributed by atoms with van der Waals surface area (Å²) in [4.78, 5) is 14.5. The summed E-state index contributed by atoms with van der Waals surface area (Å²) >= 11 is 0. The molecule has 1 fully saturated rings. The molecule has 1 aliphatic rings. The Morgan fingerprint density at radius 1 is 1.42 bits per heavy atom. The molecule has 0 radical (unpaired) electrons. The zero-order valence-electron chi connectivity index (χ0n) is 12.0. The van der Waals surface area contributed by atoms with Gasteiger partial charge in [0.1, 0.15) is 0 Å². The largest absolute Gasteiger partial charge is 0.338 e. The molecule has 3 heteroatoms. The number of aryl methyl sites for hydroxylation is 1. The summed E-state index contributed by atoms with van der Waals surface area (Å²) < 4.78 is 0. The van der Waals surface area contributed by atoms with Crippen LogP contribution in [0.1, 0.15) is 30.9 Å². The molecular formula is C16H24N2O. The van der Waals surface area contributed by atoms with Crippen molar-refractivity contribution >= 4 is 5.91 Å². The summed E-state index contributed by atoms with van der Waals surface area (Å²) in [6, 6.07) is 8.31. The van der Waals surface area contributed by atoms with Crippen molar-refractivity contribution in [1.29, 1.82) is 0 Å². The van der Waals surface area contributed by atoms with Crippen LogP contribution in [0.25, 0.3) is 0 Å². The van der Waals surface area contributed by atoms with E-state index in [2.05, 4.69) is 31.3 Å². The number of nitrogens with one attached hydrogen (secondary N) is 1. The number of hydrogen-bond donors (Lipinski definition) is 1. The lowest BCUT2D eigenvalue weighted by molar-refractivity contribution is -0.136. The van der Waals surface area contributed by atoms with Gasteiger partial charge in [0.05, 0.1) is 5.92 Å². The molecule has 1 N–H and O–H groups in total. The molecule has 19 heavy (non-hydrogen) atoms. The van der Waals surface area contributed by atoms with Gasteiger partial charge in [0.15, 0.2) is 0 Å². The van der Waals surface area contributed by atoms with Gasteiger partial charge in [0.25, 0.3) is 0 Å². The Morgan fingerprint density at radius 3 is 2.84 bits per heavy atom. The molecule has 1 aromatic carbocycles. The minimum absolute atomic E-state index is 0.165. The Morgan fingerprint density at radius 2 is 2.21 bits per heavy atom. The number of carbonyl (C=O) groups excluding carboxylic acids is 1. The van der Waals surface area contributed by atoms with Gasteiger partial charge < -0.3 is 10.2 Å². The van der Waals surface area contributed by atoms with Crippen molar-refractivity contribution in [2.45, 2.75) is 33.2 Å². The van der Waals surface area contributed by atoms with Crippen molar-refractivity contribution in [3.05, 3.63) is 35.4 Å². The minimum atomic E-state index is 0.165. The first-order chi connectivity index (χ1) is 9.22. The lowest BCUT2D eigenvalue weighted by Gasteiger charge is -2.29. The molecule has 0 aliphatic carbocycles. The summed E-state index contributed by atoms with van der Waals surface area (Å²) in [6.07, 6.45) is 2.13. The molecule has 0 aromatic heterocycles. The van der Waals surface area contributed by atoms with Gasteiger partial charge in [-0.2, -0.15) is 0 Å². The highest BCUT2D eigenvalue weighted by Gasteiger charge is 2.25.